The highest BCUT2D eigenvalue weighted by Crippen LogP contribution is 2.40. The van der Waals surface area contributed by atoms with E-state index in [4.69, 9.17) is 28.4 Å². The minimum absolute atomic E-state index is 0. The summed E-state index contributed by atoms with van der Waals surface area (Å²) in [6, 6.07) is 17.0. The number of hydrogen-bond donors (Lipinski definition) is 3. The van der Waals surface area contributed by atoms with Crippen molar-refractivity contribution in [3.05, 3.63) is 60.2 Å². The van der Waals surface area contributed by atoms with Crippen LogP contribution in [0.3, 0.4) is 0 Å². The smallest absolute Gasteiger partial charge is 0.339 e. The number of fused-ring (bicyclic) bond motifs is 2. The second kappa shape index (κ2) is 39.8. The van der Waals surface area contributed by atoms with E-state index in [0.29, 0.717) is 31.4 Å². The number of aliphatic hydroxyl groups is 3. The first-order valence-electron chi connectivity index (χ1n) is 20.9. The van der Waals surface area contributed by atoms with Gasteiger partial charge in [0.15, 0.2) is 0 Å². The van der Waals surface area contributed by atoms with Gasteiger partial charge in [0.05, 0.1) is 46.0 Å². The van der Waals surface area contributed by atoms with Crippen LogP contribution in [0.1, 0.15) is 194 Å². The third-order valence-electron chi connectivity index (χ3n) is 10.8. The Hall–Kier alpha value is -4.63. The van der Waals surface area contributed by atoms with Crippen LogP contribution in [0, 0.1) is 21.7 Å². The Morgan fingerprint density at radius 1 is 0.534 bits per heavy atom. The van der Waals surface area contributed by atoms with E-state index in [2.05, 4.69) is 0 Å². The van der Waals surface area contributed by atoms with Gasteiger partial charge in [0.2, 0.25) is 0 Å². The highest BCUT2D eigenvalue weighted by atomic mass is 16.6. The van der Waals surface area contributed by atoms with E-state index >= 15 is 0 Å². The quantitative estimate of drug-likeness (QED) is 0.0393. The second-order valence-electron chi connectivity index (χ2n) is 17.9. The predicted octanol–water partition coefficient (Wildman–Crippen LogP) is 14.1. The summed E-state index contributed by atoms with van der Waals surface area (Å²) in [6.07, 6.45) is -1.30. The maximum Gasteiger partial charge on any atom is 0.339 e. The fraction of sp³-hybridized carbons (Fsp3) is 0.678. The second-order valence-corrected chi connectivity index (χ2v) is 17.9. The fourth-order valence-corrected chi connectivity index (χ4v) is 6.94. The van der Waals surface area contributed by atoms with Gasteiger partial charge in [-0.25, -0.2) is 4.79 Å². The maximum atomic E-state index is 13.1. The molecule has 0 radical (unpaired) electrons. The first kappa shape index (κ1) is 91.1. The molecule has 6 unspecified atom stereocenters. The summed E-state index contributed by atoms with van der Waals surface area (Å²) in [7, 11) is 0. The fourth-order valence-electron chi connectivity index (χ4n) is 6.94. The van der Waals surface area contributed by atoms with E-state index in [1.807, 2.05) is 68.4 Å². The van der Waals surface area contributed by atoms with Gasteiger partial charge >= 0.3 is 29.8 Å². The summed E-state index contributed by atoms with van der Waals surface area (Å²) >= 11 is 0. The highest BCUT2D eigenvalue weighted by Gasteiger charge is 2.44. The average molecular weight is 1050 g/mol. The largest absolute Gasteiger partial charge is 0.463 e. The molecule has 1 heterocycles. The number of rotatable bonds is 21. The maximum absolute atomic E-state index is 13.1. The van der Waals surface area contributed by atoms with E-state index < -0.39 is 63.8 Å². The van der Waals surface area contributed by atoms with Crippen molar-refractivity contribution in [1.29, 1.82) is 0 Å². The lowest BCUT2D eigenvalue weighted by Crippen LogP contribution is -2.40. The lowest BCUT2D eigenvalue weighted by molar-refractivity contribution is -0.167. The third-order valence-corrected chi connectivity index (χ3v) is 10.8. The SMILES string of the molecule is C.C.C.C.C.C.C.C.C.C.C.C.CCC(C)(CC(C)(C)C(=O)OCC(C)O)C(=O)OCC(O)COC(=O)c1c2ccccc2cc2ccccc12.CCC(C)(CC(C)(C)C(=O)OCC(C)O)C(=O)OCC1CO1. The molecule has 1 aliphatic rings. The molecule has 434 valence electrons. The van der Waals surface area contributed by atoms with Gasteiger partial charge in [-0.15, -0.1) is 0 Å². The summed E-state index contributed by atoms with van der Waals surface area (Å²) in [4.78, 5) is 63.1. The minimum Gasteiger partial charge on any atom is -0.463 e. The number of aliphatic hydroxyl groups excluding tert-OH is 3. The van der Waals surface area contributed by atoms with E-state index in [1.165, 1.54) is 6.92 Å². The standard InChI is InChI=1S/C31H38O8.C16H28O6.12CH4/c1-6-31(5,19-30(3,4)28(35)38-16-20(2)32)29(36)39-18-23(33)17-37-27(34)26-24-13-9-7-11-21(24)15-22-12-8-10-14-25(22)26;1-6-16(5,14(19)22-9-12-8-20-12)10-15(3,4)13(18)21-7-11(2)17;;;;;;;;;;;;/h7-15,20,23,32-33H,6,16-19H2,1-5H3;11-12,17H,6-10H2,1-5H3;12*1H4. The Morgan fingerprint density at radius 2 is 0.863 bits per heavy atom. The molecule has 14 nitrogen and oxygen atoms in total. The molecular weight excluding hydrogens is 933 g/mol. The van der Waals surface area contributed by atoms with Crippen molar-refractivity contribution in [2.75, 3.05) is 39.6 Å². The van der Waals surface area contributed by atoms with Crippen molar-refractivity contribution in [3.63, 3.8) is 0 Å². The number of hydrogen-bond acceptors (Lipinski definition) is 14. The van der Waals surface area contributed by atoms with Gasteiger partial charge in [0.25, 0.3) is 0 Å². The van der Waals surface area contributed by atoms with Crippen molar-refractivity contribution < 1.29 is 67.7 Å². The Balaban J connectivity index is -0.000000129. The Morgan fingerprint density at radius 3 is 1.21 bits per heavy atom. The molecule has 0 bridgehead atoms. The number of epoxide rings is 1. The number of esters is 5. The van der Waals surface area contributed by atoms with Gasteiger partial charge in [0, 0.05) is 0 Å². The highest BCUT2D eigenvalue weighted by molar-refractivity contribution is 6.16. The first-order valence-corrected chi connectivity index (χ1v) is 20.9. The number of carbonyl (C=O) groups excluding carboxylic acids is 5. The summed E-state index contributed by atoms with van der Waals surface area (Å²) in [6.45, 7) is 17.1. The van der Waals surface area contributed by atoms with E-state index in [9.17, 15) is 39.3 Å². The molecule has 3 aromatic carbocycles. The van der Waals surface area contributed by atoms with Crippen LogP contribution in [-0.2, 0) is 47.6 Å². The lowest BCUT2D eigenvalue weighted by Gasteiger charge is -2.34. The molecule has 0 aromatic heterocycles. The molecule has 0 spiro atoms. The Kier molecular flexibility index (Phi) is 49.6. The number of ether oxygens (including phenoxy) is 6. The van der Waals surface area contributed by atoms with Gasteiger partial charge in [0.1, 0.15) is 45.2 Å². The third kappa shape index (κ3) is 26.9. The van der Waals surface area contributed by atoms with Gasteiger partial charge in [-0.2, -0.15) is 0 Å². The molecule has 14 heteroatoms. The Bertz CT molecular complexity index is 1920. The molecule has 0 aliphatic carbocycles. The molecule has 3 aromatic rings. The van der Waals surface area contributed by atoms with Crippen LogP contribution in [0.5, 0.6) is 0 Å². The first-order chi connectivity index (χ1) is 28.5. The minimum atomic E-state index is -1.23. The van der Waals surface area contributed by atoms with Crippen LogP contribution < -0.4 is 0 Å². The monoisotopic (exact) mass is 1050 g/mol. The number of benzene rings is 3. The molecule has 1 fully saturated rings. The van der Waals surface area contributed by atoms with E-state index in [0.717, 1.165) is 21.5 Å². The van der Waals surface area contributed by atoms with Crippen LogP contribution in [0.2, 0.25) is 0 Å². The normalized spacial score (nSPS) is 14.5. The van der Waals surface area contributed by atoms with E-state index in [-0.39, 0.29) is 141 Å². The van der Waals surface area contributed by atoms with Crippen molar-refractivity contribution in [1.82, 2.24) is 0 Å². The van der Waals surface area contributed by atoms with Crippen LogP contribution in [0.25, 0.3) is 21.5 Å². The molecule has 1 aliphatic heterocycles. The predicted molar refractivity (Wildman–Crippen MR) is 309 cm³/mol. The zero-order valence-corrected chi connectivity index (χ0v) is 37.4. The van der Waals surface area contributed by atoms with Crippen LogP contribution >= 0.6 is 0 Å². The molecule has 1 saturated heterocycles. The van der Waals surface area contributed by atoms with Gasteiger partial charge in [-0.1, -0.05) is 151 Å². The van der Waals surface area contributed by atoms with Gasteiger partial charge in [-0.3, -0.25) is 19.2 Å². The number of carbonyl (C=O) groups is 5. The van der Waals surface area contributed by atoms with Crippen LogP contribution in [-0.4, -0.2) is 109 Å². The van der Waals surface area contributed by atoms with Crippen LogP contribution in [0.4, 0.5) is 0 Å². The van der Waals surface area contributed by atoms with Crippen molar-refractivity contribution in [2.45, 2.75) is 208 Å². The van der Waals surface area contributed by atoms with Crippen molar-refractivity contribution >= 4 is 51.4 Å². The zero-order chi connectivity index (χ0) is 45.8. The molecule has 0 amide bonds. The zero-order valence-electron chi connectivity index (χ0n) is 37.4. The summed E-state index contributed by atoms with van der Waals surface area (Å²) in [5.74, 6) is -2.42. The Labute approximate surface area is 447 Å². The lowest BCUT2D eigenvalue weighted by atomic mass is 9.72. The van der Waals surface area contributed by atoms with Crippen molar-refractivity contribution in [2.24, 2.45) is 21.7 Å². The topological polar surface area (TPSA) is 205 Å². The van der Waals surface area contributed by atoms with Crippen LogP contribution in [0.15, 0.2) is 54.6 Å². The summed E-state index contributed by atoms with van der Waals surface area (Å²) < 4.78 is 31.4. The molecular formula is C59H114O14. The summed E-state index contributed by atoms with van der Waals surface area (Å²) in [5, 5.41) is 32.3. The molecule has 73 heavy (non-hydrogen) atoms. The van der Waals surface area contributed by atoms with Gasteiger partial charge < -0.3 is 43.7 Å². The van der Waals surface area contributed by atoms with Gasteiger partial charge in [-0.05, 0) is 109 Å². The molecule has 3 N–H and O–H groups in total. The molecule has 6 atom stereocenters. The molecule has 0 saturated carbocycles. The molecule has 4 rings (SSSR count). The average Bonchev–Trinajstić information content (AvgIpc) is 4.05. The van der Waals surface area contributed by atoms with E-state index in [1.54, 1.807) is 48.5 Å². The summed E-state index contributed by atoms with van der Waals surface area (Å²) in [5.41, 5.74) is -3.22. The van der Waals surface area contributed by atoms with Crippen molar-refractivity contribution in [3.8, 4) is 0 Å².